The number of fused-ring (bicyclic) bond motifs is 3. The fourth-order valence-electron chi connectivity index (χ4n) is 3.48. The number of carboxylic acid groups (broad SMARTS) is 2. The monoisotopic (exact) mass is 498 g/mol. The van der Waals surface area contributed by atoms with Crippen LogP contribution in [0.5, 0.6) is 0 Å². The Morgan fingerprint density at radius 3 is 2.45 bits per heavy atom. The van der Waals surface area contributed by atoms with Crippen LogP contribution < -0.4 is 4.90 Å². The molecule has 0 aromatic heterocycles. The van der Waals surface area contributed by atoms with Gasteiger partial charge in [-0.25, -0.2) is 0 Å². The Labute approximate surface area is 203 Å². The molecule has 168 valence electrons. The largest absolute Gasteiger partial charge is 0.480 e. The molecule has 0 radical (unpaired) electrons. The molecule has 2 aliphatic heterocycles. The van der Waals surface area contributed by atoms with Gasteiger partial charge in [-0.1, -0.05) is 72.1 Å². The minimum Gasteiger partial charge on any atom is -0.480 e. The maximum Gasteiger partial charge on any atom is 0.323 e. The van der Waals surface area contributed by atoms with Crippen molar-refractivity contribution in [3.63, 3.8) is 0 Å². The van der Waals surface area contributed by atoms with Crippen molar-refractivity contribution in [2.45, 2.75) is 11.8 Å². The van der Waals surface area contributed by atoms with E-state index in [1.165, 1.54) is 11.8 Å². The number of thioether (sulfide) groups is 2. The molecule has 0 saturated carbocycles. The molecule has 2 aromatic rings. The number of hydrogen-bond acceptors (Lipinski definition) is 7. The SMILES string of the molecule is CC(=CC=C1Sc2c(ccc3ccccc23)N1CC(=O)O)C=C1SC(=S)N(CC(=O)O)C1=O. The van der Waals surface area contributed by atoms with Gasteiger partial charge in [-0.3, -0.25) is 19.3 Å². The van der Waals surface area contributed by atoms with Crippen LogP contribution >= 0.6 is 35.7 Å². The number of thiocarbonyl (C=S) groups is 1. The van der Waals surface area contributed by atoms with E-state index >= 15 is 0 Å². The molecule has 0 unspecified atom stereocenters. The molecule has 0 bridgehead atoms. The summed E-state index contributed by atoms with van der Waals surface area (Å²) in [6.07, 6.45) is 5.28. The Hall–Kier alpha value is -3.08. The number of carbonyl (C=O) groups excluding carboxylic acids is 1. The van der Waals surface area contributed by atoms with Gasteiger partial charge in [-0.15, -0.1) is 0 Å². The lowest BCUT2D eigenvalue weighted by Gasteiger charge is -2.17. The summed E-state index contributed by atoms with van der Waals surface area (Å²) in [6.45, 7) is 1.16. The zero-order valence-corrected chi connectivity index (χ0v) is 19.8. The molecule has 1 saturated heterocycles. The summed E-state index contributed by atoms with van der Waals surface area (Å²) in [7, 11) is 0. The number of hydrogen-bond donors (Lipinski definition) is 2. The van der Waals surface area contributed by atoms with Gasteiger partial charge in [0.05, 0.1) is 15.6 Å². The number of amides is 1. The summed E-state index contributed by atoms with van der Waals surface area (Å²) in [4.78, 5) is 39.1. The fraction of sp³-hybridized carbons (Fsp3) is 0.130. The van der Waals surface area contributed by atoms with Crippen molar-refractivity contribution in [2.24, 2.45) is 0 Å². The minimum absolute atomic E-state index is 0.176. The molecule has 10 heteroatoms. The number of anilines is 1. The Kier molecular flexibility index (Phi) is 6.59. The van der Waals surface area contributed by atoms with E-state index in [0.29, 0.717) is 4.91 Å². The van der Waals surface area contributed by atoms with E-state index in [2.05, 4.69) is 0 Å². The summed E-state index contributed by atoms with van der Waals surface area (Å²) >= 11 is 7.68. The highest BCUT2D eigenvalue weighted by Crippen LogP contribution is 2.49. The third-order valence-electron chi connectivity index (χ3n) is 4.93. The third kappa shape index (κ3) is 4.82. The molecule has 1 fully saturated rings. The Morgan fingerprint density at radius 1 is 1.03 bits per heavy atom. The number of carboxylic acids is 2. The normalized spacial score (nSPS) is 18.6. The van der Waals surface area contributed by atoms with Crippen molar-refractivity contribution in [1.82, 2.24) is 4.90 Å². The predicted molar refractivity (Wildman–Crippen MR) is 134 cm³/mol. The van der Waals surface area contributed by atoms with Crippen LogP contribution in [0.3, 0.4) is 0 Å². The smallest absolute Gasteiger partial charge is 0.323 e. The molecule has 2 N–H and O–H groups in total. The highest BCUT2D eigenvalue weighted by molar-refractivity contribution is 8.26. The number of aliphatic carboxylic acids is 2. The molecule has 2 aliphatic rings. The number of benzene rings is 2. The Bertz CT molecular complexity index is 1300. The number of nitrogens with zero attached hydrogens (tertiary/aromatic N) is 2. The van der Waals surface area contributed by atoms with Crippen molar-refractivity contribution in [2.75, 3.05) is 18.0 Å². The highest BCUT2D eigenvalue weighted by Gasteiger charge is 2.33. The van der Waals surface area contributed by atoms with Gasteiger partial charge in [0, 0.05) is 4.90 Å². The second-order valence-electron chi connectivity index (χ2n) is 7.29. The van der Waals surface area contributed by atoms with Crippen molar-refractivity contribution in [3.05, 3.63) is 70.1 Å². The first-order valence-corrected chi connectivity index (χ1v) is 11.8. The lowest BCUT2D eigenvalue weighted by Crippen LogP contribution is -2.33. The minimum atomic E-state index is -1.13. The van der Waals surface area contributed by atoms with E-state index in [0.717, 1.165) is 48.6 Å². The van der Waals surface area contributed by atoms with Crippen molar-refractivity contribution in [3.8, 4) is 0 Å². The second-order valence-corrected chi connectivity index (χ2v) is 10.0. The van der Waals surface area contributed by atoms with Crippen LogP contribution in [0.25, 0.3) is 10.8 Å². The van der Waals surface area contributed by atoms with Crippen molar-refractivity contribution >= 4 is 74.4 Å². The molecule has 4 rings (SSSR count). The summed E-state index contributed by atoms with van der Waals surface area (Å²) < 4.78 is 0.209. The first-order valence-electron chi connectivity index (χ1n) is 9.79. The zero-order chi connectivity index (χ0) is 23.7. The first-order chi connectivity index (χ1) is 15.7. The van der Waals surface area contributed by atoms with Crippen LogP contribution in [0.1, 0.15) is 6.92 Å². The topological polar surface area (TPSA) is 98.2 Å². The van der Waals surface area contributed by atoms with Crippen LogP contribution in [0.2, 0.25) is 0 Å². The number of carbonyl (C=O) groups is 3. The van der Waals surface area contributed by atoms with E-state index in [-0.39, 0.29) is 10.9 Å². The van der Waals surface area contributed by atoms with Gasteiger partial charge < -0.3 is 15.1 Å². The van der Waals surface area contributed by atoms with E-state index in [1.807, 2.05) is 49.4 Å². The van der Waals surface area contributed by atoms with E-state index in [4.69, 9.17) is 17.3 Å². The molecule has 2 aromatic carbocycles. The second kappa shape index (κ2) is 9.42. The Balaban J connectivity index is 1.63. The van der Waals surface area contributed by atoms with Crippen LogP contribution in [-0.2, 0) is 14.4 Å². The van der Waals surface area contributed by atoms with Gasteiger partial charge in [0.15, 0.2) is 0 Å². The highest BCUT2D eigenvalue weighted by atomic mass is 32.2. The molecule has 0 atom stereocenters. The predicted octanol–water partition coefficient (Wildman–Crippen LogP) is 4.45. The summed E-state index contributed by atoms with van der Waals surface area (Å²) in [5.41, 5.74) is 1.59. The Morgan fingerprint density at radius 2 is 1.73 bits per heavy atom. The quantitative estimate of drug-likeness (QED) is 0.442. The van der Waals surface area contributed by atoms with Crippen LogP contribution in [0.4, 0.5) is 5.69 Å². The molecule has 2 heterocycles. The van der Waals surface area contributed by atoms with Crippen LogP contribution in [0, 0.1) is 0 Å². The third-order valence-corrected chi connectivity index (χ3v) is 7.51. The first kappa shape index (κ1) is 23.1. The van der Waals surface area contributed by atoms with E-state index < -0.39 is 24.4 Å². The standard InChI is InChI=1S/C23H18N2O5S3/c1-13(10-17-22(30)25(12-20(28)29)23(31)32-17)6-9-18-24(11-19(26)27)16-8-7-14-4-2-3-5-15(14)21(16)33-18/h2-10H,11-12H2,1H3,(H,26,27)(H,28,29). The van der Waals surface area contributed by atoms with Gasteiger partial charge in [-0.2, -0.15) is 0 Å². The average Bonchev–Trinajstić information content (AvgIpc) is 3.24. The van der Waals surface area contributed by atoms with Gasteiger partial charge in [-0.05, 0) is 41.5 Å². The van der Waals surface area contributed by atoms with Crippen molar-refractivity contribution < 1.29 is 24.6 Å². The van der Waals surface area contributed by atoms with Crippen LogP contribution in [-0.4, -0.2) is 50.4 Å². The lowest BCUT2D eigenvalue weighted by atomic mass is 10.1. The molecule has 1 amide bonds. The van der Waals surface area contributed by atoms with Gasteiger partial charge in [0.25, 0.3) is 5.91 Å². The molecular formula is C23H18N2O5S3. The van der Waals surface area contributed by atoms with Crippen molar-refractivity contribution in [1.29, 1.82) is 0 Å². The maximum absolute atomic E-state index is 12.5. The average molecular weight is 499 g/mol. The summed E-state index contributed by atoms with van der Waals surface area (Å²) in [6, 6.07) is 11.9. The van der Waals surface area contributed by atoms with Gasteiger partial charge in [0.1, 0.15) is 17.4 Å². The zero-order valence-electron chi connectivity index (χ0n) is 17.3. The maximum atomic E-state index is 12.5. The molecule has 33 heavy (non-hydrogen) atoms. The lowest BCUT2D eigenvalue weighted by molar-refractivity contribution is -0.140. The van der Waals surface area contributed by atoms with Gasteiger partial charge in [0.2, 0.25) is 0 Å². The summed E-state index contributed by atoms with van der Waals surface area (Å²) in [5, 5.41) is 21.3. The summed E-state index contributed by atoms with van der Waals surface area (Å²) in [5.74, 6) is -2.51. The number of allylic oxidation sites excluding steroid dienone is 4. The molecular weight excluding hydrogens is 480 g/mol. The van der Waals surface area contributed by atoms with E-state index in [1.54, 1.807) is 17.1 Å². The van der Waals surface area contributed by atoms with E-state index in [9.17, 15) is 19.5 Å². The fourth-order valence-corrected chi connectivity index (χ4v) is 5.98. The number of rotatable bonds is 6. The van der Waals surface area contributed by atoms with Crippen LogP contribution in [0.15, 0.2) is 75.0 Å². The van der Waals surface area contributed by atoms with Gasteiger partial charge >= 0.3 is 11.9 Å². The molecule has 7 nitrogen and oxygen atoms in total. The molecule has 0 aliphatic carbocycles. The molecule has 0 spiro atoms.